The summed E-state index contributed by atoms with van der Waals surface area (Å²) in [5.74, 6) is -0.884. The number of carbonyl (C=O) groups is 1. The van der Waals surface area contributed by atoms with Gasteiger partial charge in [0.05, 0.1) is 0 Å². The van der Waals surface area contributed by atoms with Gasteiger partial charge in [0.25, 0.3) is 0 Å². The molecule has 78 valence electrons. The number of aliphatic carboxylic acids is 1. The van der Waals surface area contributed by atoms with Crippen molar-refractivity contribution in [2.24, 2.45) is 5.73 Å². The molecule has 0 saturated carbocycles. The van der Waals surface area contributed by atoms with E-state index in [1.807, 2.05) is 14.0 Å². The Balaban J connectivity index is 4.00. The molecule has 0 saturated heterocycles. The monoisotopic (exact) mass is 188 g/mol. The molecule has 4 nitrogen and oxygen atoms in total. The highest BCUT2D eigenvalue weighted by Crippen LogP contribution is 2.16. The highest BCUT2D eigenvalue weighted by Gasteiger charge is 2.31. The van der Waals surface area contributed by atoms with Gasteiger partial charge in [-0.1, -0.05) is 13.3 Å². The Labute approximate surface area is 79.5 Å². The van der Waals surface area contributed by atoms with Gasteiger partial charge in [0.1, 0.15) is 5.54 Å². The van der Waals surface area contributed by atoms with Gasteiger partial charge in [-0.05, 0) is 32.9 Å². The third kappa shape index (κ3) is 4.24. The van der Waals surface area contributed by atoms with Crippen molar-refractivity contribution in [3.8, 4) is 0 Å². The van der Waals surface area contributed by atoms with Crippen LogP contribution in [0.1, 0.15) is 32.6 Å². The van der Waals surface area contributed by atoms with E-state index in [1.165, 1.54) is 0 Å². The number of nitrogens with one attached hydrogen (secondary N) is 1. The van der Waals surface area contributed by atoms with Crippen LogP contribution in [-0.4, -0.2) is 30.2 Å². The minimum absolute atomic E-state index is 0.539. The fourth-order valence-corrected chi connectivity index (χ4v) is 1.37. The van der Waals surface area contributed by atoms with Crippen molar-refractivity contribution in [2.75, 3.05) is 13.6 Å². The van der Waals surface area contributed by atoms with Crippen LogP contribution in [0.2, 0.25) is 0 Å². The number of carboxylic acid groups (broad SMARTS) is 1. The number of hydrogen-bond donors (Lipinski definition) is 3. The number of carboxylic acids is 1. The lowest BCUT2D eigenvalue weighted by atomic mass is 9.90. The molecule has 4 heteroatoms. The summed E-state index contributed by atoms with van der Waals surface area (Å²) in [6.45, 7) is 2.76. The van der Waals surface area contributed by atoms with E-state index in [-0.39, 0.29) is 0 Å². The van der Waals surface area contributed by atoms with E-state index >= 15 is 0 Å². The number of hydrogen-bond acceptors (Lipinski definition) is 3. The number of nitrogens with two attached hydrogens (primary N) is 1. The lowest BCUT2D eigenvalue weighted by molar-refractivity contribution is -0.144. The highest BCUT2D eigenvalue weighted by atomic mass is 16.4. The first-order valence-electron chi connectivity index (χ1n) is 4.73. The van der Waals surface area contributed by atoms with Crippen LogP contribution >= 0.6 is 0 Å². The normalized spacial score (nSPS) is 15.3. The van der Waals surface area contributed by atoms with Gasteiger partial charge in [0.15, 0.2) is 0 Å². The number of rotatable bonds is 7. The molecule has 0 aliphatic carbocycles. The van der Waals surface area contributed by atoms with Gasteiger partial charge in [-0.25, -0.2) is 0 Å². The molecule has 0 bridgehead atoms. The first-order chi connectivity index (χ1) is 6.06. The van der Waals surface area contributed by atoms with Gasteiger partial charge in [0.2, 0.25) is 0 Å². The topological polar surface area (TPSA) is 75.3 Å². The summed E-state index contributed by atoms with van der Waals surface area (Å²) in [6.07, 6.45) is 2.70. The smallest absolute Gasteiger partial charge is 0.323 e. The molecule has 1 unspecified atom stereocenters. The van der Waals surface area contributed by atoms with Crippen molar-refractivity contribution in [1.82, 2.24) is 5.32 Å². The van der Waals surface area contributed by atoms with Crippen molar-refractivity contribution >= 4 is 5.97 Å². The van der Waals surface area contributed by atoms with Gasteiger partial charge in [-0.2, -0.15) is 0 Å². The minimum Gasteiger partial charge on any atom is -0.480 e. The third-order valence-electron chi connectivity index (χ3n) is 2.17. The van der Waals surface area contributed by atoms with Gasteiger partial charge in [-0.3, -0.25) is 4.79 Å². The van der Waals surface area contributed by atoms with Crippen LogP contribution in [0.5, 0.6) is 0 Å². The standard InChI is InChI=1S/C9H20N2O2/c1-3-5-9(10,8(12)13)6-4-7-11-2/h11H,3-7,10H2,1-2H3,(H,12,13). The van der Waals surface area contributed by atoms with Crippen LogP contribution in [0.3, 0.4) is 0 Å². The summed E-state index contributed by atoms with van der Waals surface area (Å²) in [5, 5.41) is 11.9. The first-order valence-corrected chi connectivity index (χ1v) is 4.73. The minimum atomic E-state index is -1.02. The van der Waals surface area contributed by atoms with Gasteiger partial charge >= 0.3 is 5.97 Å². The summed E-state index contributed by atoms with van der Waals surface area (Å²) < 4.78 is 0. The molecule has 0 aromatic rings. The Bertz CT molecular complexity index is 162. The lowest BCUT2D eigenvalue weighted by Gasteiger charge is -2.23. The van der Waals surface area contributed by atoms with Crippen molar-refractivity contribution in [3.63, 3.8) is 0 Å². The average molecular weight is 188 g/mol. The van der Waals surface area contributed by atoms with E-state index in [9.17, 15) is 4.79 Å². The Morgan fingerprint density at radius 3 is 2.54 bits per heavy atom. The molecule has 0 rings (SSSR count). The molecule has 0 spiro atoms. The van der Waals surface area contributed by atoms with Gasteiger partial charge in [-0.15, -0.1) is 0 Å². The zero-order valence-corrected chi connectivity index (χ0v) is 8.47. The summed E-state index contributed by atoms with van der Waals surface area (Å²) in [4.78, 5) is 10.9. The predicted octanol–water partition coefficient (Wildman–Crippen LogP) is 0.568. The first kappa shape index (κ1) is 12.4. The molecule has 0 fully saturated rings. The summed E-state index contributed by atoms with van der Waals surface area (Å²) >= 11 is 0. The van der Waals surface area contributed by atoms with E-state index in [0.717, 1.165) is 19.4 Å². The van der Waals surface area contributed by atoms with E-state index in [1.54, 1.807) is 0 Å². The summed E-state index contributed by atoms with van der Waals surface area (Å²) in [6, 6.07) is 0. The zero-order valence-electron chi connectivity index (χ0n) is 8.47. The molecule has 0 aromatic carbocycles. The lowest BCUT2D eigenvalue weighted by Crippen LogP contribution is -2.48. The summed E-state index contributed by atoms with van der Waals surface area (Å²) in [7, 11) is 1.85. The Hall–Kier alpha value is -0.610. The molecule has 0 amide bonds. The molecule has 13 heavy (non-hydrogen) atoms. The maximum absolute atomic E-state index is 10.9. The largest absolute Gasteiger partial charge is 0.480 e. The molecule has 0 aromatic heterocycles. The molecule has 0 radical (unpaired) electrons. The Morgan fingerprint density at radius 2 is 2.15 bits per heavy atom. The van der Waals surface area contributed by atoms with E-state index in [2.05, 4.69) is 5.32 Å². The van der Waals surface area contributed by atoms with Crippen LogP contribution in [0.25, 0.3) is 0 Å². The van der Waals surface area contributed by atoms with Crippen LogP contribution < -0.4 is 11.1 Å². The molecule has 0 aliphatic heterocycles. The van der Waals surface area contributed by atoms with Gasteiger partial charge < -0.3 is 16.2 Å². The van der Waals surface area contributed by atoms with E-state index in [4.69, 9.17) is 10.8 Å². The van der Waals surface area contributed by atoms with Crippen LogP contribution in [0.15, 0.2) is 0 Å². The van der Waals surface area contributed by atoms with Crippen molar-refractivity contribution < 1.29 is 9.90 Å². The highest BCUT2D eigenvalue weighted by molar-refractivity contribution is 5.78. The molecular formula is C9H20N2O2. The van der Waals surface area contributed by atoms with Gasteiger partial charge in [0, 0.05) is 0 Å². The molecule has 0 heterocycles. The van der Waals surface area contributed by atoms with Crippen LogP contribution in [0.4, 0.5) is 0 Å². The van der Waals surface area contributed by atoms with Crippen LogP contribution in [0, 0.1) is 0 Å². The van der Waals surface area contributed by atoms with E-state index < -0.39 is 11.5 Å². The molecule has 4 N–H and O–H groups in total. The van der Waals surface area contributed by atoms with Crippen molar-refractivity contribution in [2.45, 2.75) is 38.1 Å². The second-order valence-electron chi connectivity index (χ2n) is 3.42. The predicted molar refractivity (Wildman–Crippen MR) is 52.6 cm³/mol. The second kappa shape index (κ2) is 5.94. The fourth-order valence-electron chi connectivity index (χ4n) is 1.37. The zero-order chi connectivity index (χ0) is 10.3. The molecule has 0 aliphatic rings. The third-order valence-corrected chi connectivity index (χ3v) is 2.17. The SMILES string of the molecule is CCCC(N)(CCCNC)C(=O)O. The van der Waals surface area contributed by atoms with Crippen molar-refractivity contribution in [1.29, 1.82) is 0 Å². The Morgan fingerprint density at radius 1 is 1.54 bits per heavy atom. The maximum Gasteiger partial charge on any atom is 0.323 e. The quantitative estimate of drug-likeness (QED) is 0.510. The summed E-state index contributed by atoms with van der Waals surface area (Å²) in [5.41, 5.74) is 4.74. The second-order valence-corrected chi connectivity index (χ2v) is 3.42. The molecule has 1 atom stereocenters. The molecular weight excluding hydrogens is 168 g/mol. The maximum atomic E-state index is 10.9. The Kier molecular flexibility index (Phi) is 5.66. The van der Waals surface area contributed by atoms with Crippen LogP contribution in [-0.2, 0) is 4.79 Å². The van der Waals surface area contributed by atoms with Crippen molar-refractivity contribution in [3.05, 3.63) is 0 Å². The fraction of sp³-hybridized carbons (Fsp3) is 0.889. The average Bonchev–Trinajstić information content (AvgIpc) is 2.05. The van der Waals surface area contributed by atoms with E-state index in [0.29, 0.717) is 12.8 Å².